The summed E-state index contributed by atoms with van der Waals surface area (Å²) in [6.45, 7) is 3.69. The summed E-state index contributed by atoms with van der Waals surface area (Å²) >= 11 is 3.48. The number of anilines is 1. The van der Waals surface area contributed by atoms with Crippen molar-refractivity contribution in [3.63, 3.8) is 0 Å². The topological polar surface area (TPSA) is 51.1 Å². The Morgan fingerprint density at radius 2 is 1.56 bits per heavy atom. The molecule has 0 radical (unpaired) electrons. The summed E-state index contributed by atoms with van der Waals surface area (Å²) in [5.74, 6) is -11.3. The molecule has 0 aliphatic carbocycles. The van der Waals surface area contributed by atoms with Crippen molar-refractivity contribution < 1.29 is 36.2 Å². The van der Waals surface area contributed by atoms with E-state index in [0.717, 1.165) is 16.3 Å². The highest BCUT2D eigenvalue weighted by Gasteiger charge is 2.37. The Bertz CT molecular complexity index is 1740. The van der Waals surface area contributed by atoms with Crippen molar-refractivity contribution in [2.24, 2.45) is 5.10 Å². The highest BCUT2D eigenvalue weighted by Crippen LogP contribution is 2.39. The number of rotatable bonds is 7. The molecule has 0 N–H and O–H groups in total. The molecule has 0 aromatic heterocycles. The van der Waals surface area contributed by atoms with Crippen LogP contribution < -0.4 is 14.5 Å². The van der Waals surface area contributed by atoms with Crippen LogP contribution in [0.25, 0.3) is 16.8 Å². The van der Waals surface area contributed by atoms with Crippen molar-refractivity contribution in [1.29, 1.82) is 0 Å². The quantitative estimate of drug-likeness (QED) is 0.0898. The van der Waals surface area contributed by atoms with E-state index in [1.165, 1.54) is 13.0 Å². The lowest BCUT2D eigenvalue weighted by Gasteiger charge is -2.16. The number of hydrazone groups is 1. The van der Waals surface area contributed by atoms with Gasteiger partial charge in [-0.15, -0.1) is 0 Å². The van der Waals surface area contributed by atoms with Gasteiger partial charge in [-0.3, -0.25) is 4.79 Å². The summed E-state index contributed by atoms with van der Waals surface area (Å²) < 4.78 is 82.3. The molecule has 0 saturated heterocycles. The van der Waals surface area contributed by atoms with Gasteiger partial charge in [-0.25, -0.2) is 22.0 Å². The van der Waals surface area contributed by atoms with Gasteiger partial charge in [0.25, 0.3) is 5.91 Å². The molecule has 0 saturated carbocycles. The summed E-state index contributed by atoms with van der Waals surface area (Å²) in [6, 6.07) is 17.0. The van der Waals surface area contributed by atoms with Gasteiger partial charge >= 0.3 is 0 Å². The predicted molar refractivity (Wildman–Crippen MR) is 148 cm³/mol. The van der Waals surface area contributed by atoms with Crippen molar-refractivity contribution in [2.75, 3.05) is 11.6 Å². The molecular formula is C30H20BrF5N2O3. The Kier molecular flexibility index (Phi) is 7.81. The molecule has 5 nitrogen and oxygen atoms in total. The highest BCUT2D eigenvalue weighted by atomic mass is 79.9. The van der Waals surface area contributed by atoms with Gasteiger partial charge in [0.1, 0.15) is 12.3 Å². The molecule has 5 rings (SSSR count). The normalized spacial score (nSPS) is 14.2. The molecule has 0 spiro atoms. The Labute approximate surface area is 239 Å². The minimum absolute atomic E-state index is 0.00399. The second kappa shape index (κ2) is 11.3. The van der Waals surface area contributed by atoms with Crippen LogP contribution in [-0.4, -0.2) is 18.2 Å². The predicted octanol–water partition coefficient (Wildman–Crippen LogP) is 8.08. The zero-order valence-corrected chi connectivity index (χ0v) is 23.2. The Morgan fingerprint density at radius 1 is 0.902 bits per heavy atom. The van der Waals surface area contributed by atoms with E-state index in [0.29, 0.717) is 28.1 Å². The molecule has 0 bridgehead atoms. The van der Waals surface area contributed by atoms with Crippen LogP contribution in [0.3, 0.4) is 0 Å². The third kappa shape index (κ3) is 5.17. The zero-order chi connectivity index (χ0) is 29.4. The van der Waals surface area contributed by atoms with Crippen LogP contribution in [0, 0.1) is 29.1 Å². The molecule has 0 atom stereocenters. The molecule has 11 heteroatoms. The molecule has 0 unspecified atom stereocenters. The number of benzene rings is 4. The maximum absolute atomic E-state index is 14.4. The molecule has 0 fully saturated rings. The zero-order valence-electron chi connectivity index (χ0n) is 21.6. The molecular weight excluding hydrogens is 611 g/mol. The number of nitrogens with zero attached hydrogens (tertiary/aromatic N) is 2. The Balaban J connectivity index is 1.47. The summed E-state index contributed by atoms with van der Waals surface area (Å²) in [4.78, 5) is 13.1. The number of amides is 1. The summed E-state index contributed by atoms with van der Waals surface area (Å²) in [6.07, 6.45) is 1.37. The molecule has 1 amide bonds. The smallest absolute Gasteiger partial charge is 0.280 e. The van der Waals surface area contributed by atoms with E-state index in [1.54, 1.807) is 19.1 Å². The number of carbonyl (C=O) groups excluding carboxylic acids is 1. The van der Waals surface area contributed by atoms with Crippen LogP contribution in [0.15, 0.2) is 69.7 Å². The third-order valence-corrected chi connectivity index (χ3v) is 6.94. The highest BCUT2D eigenvalue weighted by molar-refractivity contribution is 9.10. The molecule has 4 aromatic rings. The summed E-state index contributed by atoms with van der Waals surface area (Å²) in [7, 11) is 0. The van der Waals surface area contributed by atoms with Gasteiger partial charge in [-0.05, 0) is 69.9 Å². The van der Waals surface area contributed by atoms with E-state index in [2.05, 4.69) is 21.0 Å². The van der Waals surface area contributed by atoms with Crippen LogP contribution in [0.1, 0.15) is 25.0 Å². The average molecular weight is 631 g/mol. The van der Waals surface area contributed by atoms with Crippen molar-refractivity contribution in [1.82, 2.24) is 0 Å². The average Bonchev–Trinajstić information content (AvgIpc) is 3.23. The van der Waals surface area contributed by atoms with E-state index in [1.807, 2.05) is 42.5 Å². The maximum atomic E-state index is 14.4. The first kappa shape index (κ1) is 28.3. The molecule has 1 aliphatic rings. The summed E-state index contributed by atoms with van der Waals surface area (Å²) in [5, 5.41) is 6.04. The van der Waals surface area contributed by atoms with Crippen LogP contribution >= 0.6 is 15.9 Å². The molecule has 1 aliphatic heterocycles. The van der Waals surface area contributed by atoms with Gasteiger partial charge in [-0.2, -0.15) is 10.1 Å². The van der Waals surface area contributed by atoms with Gasteiger partial charge in [0.2, 0.25) is 5.82 Å². The number of ether oxygens (including phenoxy) is 2. The Hall–Kier alpha value is -4.25. The van der Waals surface area contributed by atoms with Crippen LogP contribution in [0.5, 0.6) is 11.5 Å². The first-order valence-corrected chi connectivity index (χ1v) is 13.1. The second-order valence-electron chi connectivity index (χ2n) is 8.97. The standard InChI is InChI=1S/C30H20BrF5N2O3/c1-3-40-22-13-16(12-21(31)29(22)41-14-18-9-6-8-17-7-4-5-10-19(17)18)11-20-15(2)37-38(30(20)39)28-26(35)24(33)23(32)25(34)27(28)36/h4-13H,3,14H2,1-2H3/b20-11-. The number of carbonyl (C=O) groups is 1. The lowest BCUT2D eigenvalue weighted by atomic mass is 10.1. The van der Waals surface area contributed by atoms with Crippen molar-refractivity contribution in [3.05, 3.63) is 105 Å². The van der Waals surface area contributed by atoms with Crippen molar-refractivity contribution in [3.8, 4) is 11.5 Å². The maximum Gasteiger partial charge on any atom is 0.280 e. The molecule has 41 heavy (non-hydrogen) atoms. The minimum atomic E-state index is -2.33. The molecule has 4 aromatic carbocycles. The van der Waals surface area contributed by atoms with Gasteiger partial charge in [0.05, 0.1) is 22.4 Å². The lowest BCUT2D eigenvalue weighted by Crippen LogP contribution is -2.25. The lowest BCUT2D eigenvalue weighted by molar-refractivity contribution is -0.114. The van der Waals surface area contributed by atoms with Gasteiger partial charge in [-0.1, -0.05) is 42.5 Å². The number of fused-ring (bicyclic) bond motifs is 1. The van der Waals surface area contributed by atoms with E-state index >= 15 is 0 Å². The third-order valence-electron chi connectivity index (χ3n) is 6.36. The molecule has 210 valence electrons. The Morgan fingerprint density at radius 3 is 2.27 bits per heavy atom. The van der Waals surface area contributed by atoms with E-state index in [9.17, 15) is 26.7 Å². The van der Waals surface area contributed by atoms with Gasteiger partial charge < -0.3 is 9.47 Å². The number of halogens is 6. The van der Waals surface area contributed by atoms with Crippen LogP contribution in [-0.2, 0) is 11.4 Å². The minimum Gasteiger partial charge on any atom is -0.490 e. The fourth-order valence-corrected chi connectivity index (χ4v) is 5.00. The first-order valence-electron chi connectivity index (χ1n) is 12.3. The van der Waals surface area contributed by atoms with E-state index < -0.39 is 40.7 Å². The fraction of sp³-hybridized carbons (Fsp3) is 0.133. The largest absolute Gasteiger partial charge is 0.490 e. The fourth-order valence-electron chi connectivity index (χ4n) is 4.42. The second-order valence-corrected chi connectivity index (χ2v) is 9.82. The monoisotopic (exact) mass is 630 g/mol. The van der Waals surface area contributed by atoms with Crippen LogP contribution in [0.4, 0.5) is 27.6 Å². The summed E-state index contributed by atoms with van der Waals surface area (Å²) in [5.41, 5.74) is -0.185. The number of hydrogen-bond donors (Lipinski definition) is 0. The number of hydrogen-bond acceptors (Lipinski definition) is 4. The van der Waals surface area contributed by atoms with Gasteiger partial charge in [0.15, 0.2) is 34.8 Å². The van der Waals surface area contributed by atoms with Crippen molar-refractivity contribution in [2.45, 2.75) is 20.5 Å². The van der Waals surface area contributed by atoms with E-state index in [-0.39, 0.29) is 22.9 Å². The SMILES string of the molecule is CCOc1cc(/C=C2\C(=O)N(c3c(F)c(F)c(F)c(F)c3F)N=C2C)cc(Br)c1OCc1cccc2ccccc12. The van der Waals surface area contributed by atoms with Gasteiger partial charge in [0, 0.05) is 0 Å². The van der Waals surface area contributed by atoms with E-state index in [4.69, 9.17) is 9.47 Å². The first-order chi connectivity index (χ1) is 19.6. The molecule has 1 heterocycles. The van der Waals surface area contributed by atoms with Crippen molar-refractivity contribution >= 4 is 50.1 Å². The van der Waals surface area contributed by atoms with Crippen LogP contribution in [0.2, 0.25) is 0 Å².